The second-order valence-electron chi connectivity index (χ2n) is 3.20. The van der Waals surface area contributed by atoms with Crippen LogP contribution >= 0.6 is 11.5 Å². The summed E-state index contributed by atoms with van der Waals surface area (Å²) in [5.74, 6) is 1.59. The van der Waals surface area contributed by atoms with Gasteiger partial charge in [0.2, 0.25) is 0 Å². The fraction of sp³-hybridized carbons (Fsp3) is 0.750. The molecule has 1 N–H and O–H groups in total. The normalized spacial score (nSPS) is 19.8. The first-order valence-electron chi connectivity index (χ1n) is 4.37. The molecule has 66 valence electrons. The molecule has 1 aliphatic rings. The van der Waals surface area contributed by atoms with Gasteiger partial charge < -0.3 is 5.32 Å². The van der Waals surface area contributed by atoms with Gasteiger partial charge >= 0.3 is 0 Å². The summed E-state index contributed by atoms with van der Waals surface area (Å²) >= 11 is 1.57. The van der Waals surface area contributed by atoms with E-state index in [1.165, 1.54) is 17.8 Å². The van der Waals surface area contributed by atoms with Gasteiger partial charge in [0.1, 0.15) is 10.8 Å². The first kappa shape index (κ1) is 8.13. The maximum atomic E-state index is 4.41. The molecule has 1 aromatic heterocycles. The van der Waals surface area contributed by atoms with Crippen molar-refractivity contribution in [2.24, 2.45) is 0 Å². The number of nitrogens with zero attached hydrogens (tertiary/aromatic N) is 2. The molecular weight excluding hydrogens is 170 g/mol. The van der Waals surface area contributed by atoms with E-state index in [0.29, 0.717) is 5.92 Å². The highest BCUT2D eigenvalue weighted by molar-refractivity contribution is 7.05. The minimum Gasteiger partial charge on any atom is -0.317 e. The van der Waals surface area contributed by atoms with Crippen LogP contribution in [0.25, 0.3) is 0 Å². The van der Waals surface area contributed by atoms with Crippen LogP contribution in [0.3, 0.4) is 0 Å². The third-order valence-corrected chi connectivity index (χ3v) is 3.20. The third kappa shape index (κ3) is 1.64. The maximum Gasteiger partial charge on any atom is 0.139 e. The summed E-state index contributed by atoms with van der Waals surface area (Å²) in [6, 6.07) is 0. The van der Waals surface area contributed by atoms with E-state index in [4.69, 9.17) is 0 Å². The Morgan fingerprint density at radius 3 is 2.75 bits per heavy atom. The van der Waals surface area contributed by atoms with Gasteiger partial charge in [-0.3, -0.25) is 0 Å². The van der Waals surface area contributed by atoms with Gasteiger partial charge in [0.15, 0.2) is 0 Å². The number of hydrogen-bond acceptors (Lipinski definition) is 4. The minimum absolute atomic E-state index is 0.664. The first-order chi connectivity index (χ1) is 5.86. The van der Waals surface area contributed by atoms with Gasteiger partial charge in [-0.05, 0) is 44.4 Å². The second kappa shape index (κ2) is 3.49. The van der Waals surface area contributed by atoms with Gasteiger partial charge in [-0.15, -0.1) is 0 Å². The molecular formula is C8H13N3S. The van der Waals surface area contributed by atoms with Crippen LogP contribution in [0.2, 0.25) is 0 Å². The smallest absolute Gasteiger partial charge is 0.139 e. The van der Waals surface area contributed by atoms with Crippen LogP contribution in [0, 0.1) is 6.92 Å². The largest absolute Gasteiger partial charge is 0.317 e. The molecule has 0 aliphatic carbocycles. The molecule has 0 bridgehead atoms. The van der Waals surface area contributed by atoms with Crippen molar-refractivity contribution in [1.29, 1.82) is 0 Å². The highest BCUT2D eigenvalue weighted by atomic mass is 32.1. The molecule has 1 aliphatic heterocycles. The predicted octanol–water partition coefficient (Wildman–Crippen LogP) is 1.31. The van der Waals surface area contributed by atoms with Crippen LogP contribution in [-0.4, -0.2) is 22.4 Å². The zero-order chi connectivity index (χ0) is 8.39. The number of aryl methyl sites for hydroxylation is 1. The van der Waals surface area contributed by atoms with Crippen LogP contribution < -0.4 is 5.32 Å². The zero-order valence-corrected chi connectivity index (χ0v) is 8.02. The lowest BCUT2D eigenvalue weighted by molar-refractivity contribution is 0.459. The Morgan fingerprint density at radius 1 is 1.42 bits per heavy atom. The monoisotopic (exact) mass is 183 g/mol. The number of hydrogen-bond donors (Lipinski definition) is 1. The van der Waals surface area contributed by atoms with Crippen LogP contribution in [0.1, 0.15) is 29.6 Å². The lowest BCUT2D eigenvalue weighted by Crippen LogP contribution is -2.26. The average Bonchev–Trinajstić information content (AvgIpc) is 2.54. The lowest BCUT2D eigenvalue weighted by atomic mass is 9.99. The molecule has 2 heterocycles. The molecule has 0 atom stereocenters. The van der Waals surface area contributed by atoms with E-state index in [1.54, 1.807) is 11.5 Å². The Morgan fingerprint density at radius 2 is 2.17 bits per heavy atom. The third-order valence-electron chi connectivity index (χ3n) is 2.23. The van der Waals surface area contributed by atoms with Crippen molar-refractivity contribution in [3.63, 3.8) is 0 Å². The summed E-state index contributed by atoms with van der Waals surface area (Å²) in [5.41, 5.74) is 0. The molecule has 0 spiro atoms. The molecule has 0 amide bonds. The number of nitrogens with one attached hydrogen (secondary N) is 1. The summed E-state index contributed by atoms with van der Waals surface area (Å²) in [6.45, 7) is 4.22. The Bertz CT molecular complexity index is 253. The molecule has 1 fully saturated rings. The summed E-state index contributed by atoms with van der Waals surface area (Å²) in [7, 11) is 0. The number of piperidine rings is 1. The molecule has 0 radical (unpaired) electrons. The van der Waals surface area contributed by atoms with Gasteiger partial charge in [-0.1, -0.05) is 0 Å². The first-order valence-corrected chi connectivity index (χ1v) is 5.14. The van der Waals surface area contributed by atoms with E-state index in [9.17, 15) is 0 Å². The topological polar surface area (TPSA) is 37.8 Å². The summed E-state index contributed by atoms with van der Waals surface area (Å²) in [4.78, 5) is 4.41. The van der Waals surface area contributed by atoms with E-state index < -0.39 is 0 Å². The number of rotatable bonds is 1. The Hall–Kier alpha value is -0.480. The SMILES string of the molecule is Cc1nsc(C2CCNCC2)n1. The zero-order valence-electron chi connectivity index (χ0n) is 7.21. The Labute approximate surface area is 76.4 Å². The van der Waals surface area contributed by atoms with E-state index in [1.807, 2.05) is 6.92 Å². The van der Waals surface area contributed by atoms with Gasteiger partial charge in [-0.2, -0.15) is 4.37 Å². The van der Waals surface area contributed by atoms with Crippen molar-refractivity contribution in [3.05, 3.63) is 10.8 Å². The molecule has 1 saturated heterocycles. The standard InChI is InChI=1S/C8H13N3S/c1-6-10-8(12-11-6)7-2-4-9-5-3-7/h7,9H,2-5H2,1H3. The van der Waals surface area contributed by atoms with Crippen LogP contribution in [0.5, 0.6) is 0 Å². The molecule has 1 aromatic rings. The average molecular weight is 183 g/mol. The molecule has 0 aromatic carbocycles. The highest BCUT2D eigenvalue weighted by Crippen LogP contribution is 2.25. The van der Waals surface area contributed by atoms with Gasteiger partial charge in [0.05, 0.1) is 0 Å². The van der Waals surface area contributed by atoms with Crippen molar-refractivity contribution in [2.75, 3.05) is 13.1 Å². The fourth-order valence-electron chi connectivity index (χ4n) is 1.55. The molecule has 2 rings (SSSR count). The van der Waals surface area contributed by atoms with Crippen molar-refractivity contribution >= 4 is 11.5 Å². The van der Waals surface area contributed by atoms with Crippen LogP contribution in [-0.2, 0) is 0 Å². The van der Waals surface area contributed by atoms with E-state index in [-0.39, 0.29) is 0 Å². The summed E-state index contributed by atoms with van der Waals surface area (Å²) < 4.78 is 4.20. The van der Waals surface area contributed by atoms with Crippen LogP contribution in [0.15, 0.2) is 0 Å². The van der Waals surface area contributed by atoms with Crippen molar-refractivity contribution in [2.45, 2.75) is 25.7 Å². The van der Waals surface area contributed by atoms with Crippen molar-refractivity contribution in [1.82, 2.24) is 14.7 Å². The highest BCUT2D eigenvalue weighted by Gasteiger charge is 2.18. The maximum absolute atomic E-state index is 4.41. The van der Waals surface area contributed by atoms with E-state index in [0.717, 1.165) is 18.9 Å². The summed E-state index contributed by atoms with van der Waals surface area (Å²) in [6.07, 6.45) is 2.43. The second-order valence-corrected chi connectivity index (χ2v) is 3.99. The van der Waals surface area contributed by atoms with Gasteiger partial charge in [-0.25, -0.2) is 4.98 Å². The lowest BCUT2D eigenvalue weighted by Gasteiger charge is -2.19. The van der Waals surface area contributed by atoms with Crippen molar-refractivity contribution < 1.29 is 0 Å². The van der Waals surface area contributed by atoms with E-state index >= 15 is 0 Å². The molecule has 12 heavy (non-hydrogen) atoms. The molecule has 3 nitrogen and oxygen atoms in total. The minimum atomic E-state index is 0.664. The Balaban J connectivity index is 2.08. The number of aromatic nitrogens is 2. The van der Waals surface area contributed by atoms with Gasteiger partial charge in [0.25, 0.3) is 0 Å². The van der Waals surface area contributed by atoms with Crippen molar-refractivity contribution in [3.8, 4) is 0 Å². The quantitative estimate of drug-likeness (QED) is 0.713. The molecule has 0 saturated carbocycles. The predicted molar refractivity (Wildman–Crippen MR) is 49.5 cm³/mol. The van der Waals surface area contributed by atoms with E-state index in [2.05, 4.69) is 14.7 Å². The summed E-state index contributed by atoms with van der Waals surface area (Å²) in [5, 5.41) is 4.58. The van der Waals surface area contributed by atoms with Gasteiger partial charge in [0, 0.05) is 5.92 Å². The van der Waals surface area contributed by atoms with Crippen LogP contribution in [0.4, 0.5) is 0 Å². The molecule has 4 heteroatoms. The fourth-order valence-corrected chi connectivity index (χ4v) is 2.37. The Kier molecular flexibility index (Phi) is 2.37. The molecule has 0 unspecified atom stereocenters.